The van der Waals surface area contributed by atoms with E-state index in [2.05, 4.69) is 16.7 Å². The maximum absolute atomic E-state index is 14.1. The molecule has 3 aromatic carbocycles. The fourth-order valence-corrected chi connectivity index (χ4v) is 5.80. The Balaban J connectivity index is 1.33. The first kappa shape index (κ1) is 30.1. The van der Waals surface area contributed by atoms with Gasteiger partial charge in [-0.1, -0.05) is 54.6 Å². The first-order chi connectivity index (χ1) is 20.3. The topological polar surface area (TPSA) is 108 Å². The van der Waals surface area contributed by atoms with Crippen molar-refractivity contribution < 1.29 is 23.9 Å². The minimum atomic E-state index is -0.871. The highest BCUT2D eigenvalue weighted by Crippen LogP contribution is 2.39. The molecule has 4 atom stereocenters. The molecule has 43 heavy (non-hydrogen) atoms. The molecule has 0 aromatic heterocycles. The van der Waals surface area contributed by atoms with Crippen molar-refractivity contribution in [1.82, 2.24) is 15.5 Å². The SMILES string of the molecule is C[C@H](C(=O)N[C@H]1CCc2cccc3c2N(C1=O)[C@H](C(=O)N[C@H](C)c1ccc2ccccc2c1)C3)N(C)C(=O)OC(C)(C)C. The number of benzene rings is 3. The van der Waals surface area contributed by atoms with Crippen LogP contribution in [0.15, 0.2) is 60.7 Å². The summed E-state index contributed by atoms with van der Waals surface area (Å²) in [4.78, 5) is 56.5. The lowest BCUT2D eigenvalue weighted by Crippen LogP contribution is -2.57. The smallest absolute Gasteiger partial charge is 0.410 e. The Morgan fingerprint density at radius 1 is 0.977 bits per heavy atom. The molecule has 0 saturated heterocycles. The molecule has 9 heteroatoms. The molecule has 226 valence electrons. The molecule has 0 spiro atoms. The largest absolute Gasteiger partial charge is 0.444 e. The van der Waals surface area contributed by atoms with Gasteiger partial charge in [0, 0.05) is 13.5 Å². The molecule has 0 aliphatic carbocycles. The summed E-state index contributed by atoms with van der Waals surface area (Å²) in [6.45, 7) is 8.79. The van der Waals surface area contributed by atoms with E-state index in [4.69, 9.17) is 4.74 Å². The van der Waals surface area contributed by atoms with Crippen LogP contribution in [0.2, 0.25) is 0 Å². The Hall–Kier alpha value is -4.40. The number of ether oxygens (including phenoxy) is 1. The number of hydrogen-bond acceptors (Lipinski definition) is 5. The zero-order chi connectivity index (χ0) is 31.1. The van der Waals surface area contributed by atoms with E-state index in [0.717, 1.165) is 33.2 Å². The highest BCUT2D eigenvalue weighted by Gasteiger charge is 2.44. The summed E-state index contributed by atoms with van der Waals surface area (Å²) in [5, 5.41) is 8.20. The molecule has 2 heterocycles. The van der Waals surface area contributed by atoms with E-state index in [1.807, 2.05) is 61.5 Å². The van der Waals surface area contributed by atoms with Gasteiger partial charge in [-0.2, -0.15) is 0 Å². The van der Waals surface area contributed by atoms with Gasteiger partial charge in [-0.3, -0.25) is 24.2 Å². The van der Waals surface area contributed by atoms with E-state index < -0.39 is 35.7 Å². The summed E-state index contributed by atoms with van der Waals surface area (Å²) in [7, 11) is 1.49. The predicted molar refractivity (Wildman–Crippen MR) is 166 cm³/mol. The number of likely N-dealkylation sites (N-methyl/N-ethyl adjacent to an activating group) is 1. The van der Waals surface area contributed by atoms with E-state index in [-0.39, 0.29) is 17.9 Å². The summed E-state index contributed by atoms with van der Waals surface area (Å²) in [5.74, 6) is -1.05. The van der Waals surface area contributed by atoms with Crippen molar-refractivity contribution in [3.63, 3.8) is 0 Å². The number of para-hydroxylation sites is 1. The zero-order valence-electron chi connectivity index (χ0n) is 25.6. The molecular weight excluding hydrogens is 544 g/mol. The van der Waals surface area contributed by atoms with E-state index in [1.165, 1.54) is 11.9 Å². The Bertz CT molecular complexity index is 1580. The quantitative estimate of drug-likeness (QED) is 0.438. The Labute approximate surface area is 252 Å². The van der Waals surface area contributed by atoms with Gasteiger partial charge in [-0.25, -0.2) is 4.79 Å². The minimum Gasteiger partial charge on any atom is -0.444 e. The van der Waals surface area contributed by atoms with Gasteiger partial charge >= 0.3 is 6.09 Å². The molecule has 0 radical (unpaired) electrons. The Kier molecular flexibility index (Phi) is 8.18. The van der Waals surface area contributed by atoms with Gasteiger partial charge in [-0.05, 0) is 81.0 Å². The van der Waals surface area contributed by atoms with Crippen LogP contribution in [0.25, 0.3) is 10.8 Å². The van der Waals surface area contributed by atoms with Crippen LogP contribution in [0.4, 0.5) is 10.5 Å². The lowest BCUT2D eigenvalue weighted by molar-refractivity contribution is -0.131. The molecule has 3 aromatic rings. The lowest BCUT2D eigenvalue weighted by atomic mass is 10.0. The van der Waals surface area contributed by atoms with Crippen molar-refractivity contribution in [1.29, 1.82) is 0 Å². The molecule has 5 rings (SSSR count). The molecular formula is C34H40N4O5. The van der Waals surface area contributed by atoms with Crippen LogP contribution in [0.1, 0.15) is 63.8 Å². The van der Waals surface area contributed by atoms with Crippen molar-refractivity contribution >= 4 is 40.3 Å². The van der Waals surface area contributed by atoms with Crippen LogP contribution in [-0.2, 0) is 32.0 Å². The second-order valence-electron chi connectivity index (χ2n) is 12.6. The lowest BCUT2D eigenvalue weighted by Gasteiger charge is -2.31. The summed E-state index contributed by atoms with van der Waals surface area (Å²) < 4.78 is 5.40. The summed E-state index contributed by atoms with van der Waals surface area (Å²) >= 11 is 0. The highest BCUT2D eigenvalue weighted by molar-refractivity contribution is 6.08. The van der Waals surface area contributed by atoms with Gasteiger partial charge in [-0.15, -0.1) is 0 Å². The fourth-order valence-electron chi connectivity index (χ4n) is 5.80. The van der Waals surface area contributed by atoms with Crippen LogP contribution < -0.4 is 15.5 Å². The third-order valence-corrected chi connectivity index (χ3v) is 8.30. The number of anilines is 1. The van der Waals surface area contributed by atoms with Gasteiger partial charge in [0.25, 0.3) is 0 Å². The number of fused-ring (bicyclic) bond motifs is 1. The summed E-state index contributed by atoms with van der Waals surface area (Å²) in [6, 6.07) is 17.3. The Morgan fingerprint density at radius 2 is 1.67 bits per heavy atom. The molecule has 9 nitrogen and oxygen atoms in total. The third-order valence-electron chi connectivity index (χ3n) is 8.30. The number of rotatable bonds is 6. The van der Waals surface area contributed by atoms with Crippen LogP contribution in [0.5, 0.6) is 0 Å². The average Bonchev–Trinajstić information content (AvgIpc) is 3.31. The van der Waals surface area contributed by atoms with Crippen molar-refractivity contribution in [3.8, 4) is 0 Å². The highest BCUT2D eigenvalue weighted by atomic mass is 16.6. The van der Waals surface area contributed by atoms with E-state index in [0.29, 0.717) is 19.3 Å². The van der Waals surface area contributed by atoms with Crippen molar-refractivity contribution in [3.05, 3.63) is 77.4 Å². The minimum absolute atomic E-state index is 0.249. The first-order valence-corrected chi connectivity index (χ1v) is 14.8. The van der Waals surface area contributed by atoms with E-state index in [9.17, 15) is 19.2 Å². The van der Waals surface area contributed by atoms with Gasteiger partial charge in [0.15, 0.2) is 0 Å². The van der Waals surface area contributed by atoms with Crippen molar-refractivity contribution in [2.75, 3.05) is 11.9 Å². The number of amides is 4. The maximum Gasteiger partial charge on any atom is 0.410 e. The molecule has 2 aliphatic rings. The average molecular weight is 585 g/mol. The van der Waals surface area contributed by atoms with Crippen LogP contribution >= 0.6 is 0 Å². The number of aryl methyl sites for hydroxylation is 1. The molecule has 0 fully saturated rings. The van der Waals surface area contributed by atoms with Gasteiger partial charge < -0.3 is 15.4 Å². The van der Waals surface area contributed by atoms with Crippen molar-refractivity contribution in [2.45, 2.75) is 83.6 Å². The molecule has 2 aliphatic heterocycles. The predicted octanol–water partition coefficient (Wildman–Crippen LogP) is 4.66. The van der Waals surface area contributed by atoms with Crippen LogP contribution in [-0.4, -0.2) is 59.5 Å². The standard InChI is InChI=1S/C34H40N4O5/c1-20(24-15-14-22-10-7-8-11-25(22)18-24)35-31(40)28-19-26-13-9-12-23-16-17-27(32(41)38(28)29(23)26)36-30(39)21(2)37(6)33(42)43-34(3,4)5/h7-15,18,20-21,27-28H,16-17,19H2,1-6H3,(H,35,40)(H,36,39)/t20-,21-,27+,28+/m1/s1. The molecule has 4 amide bonds. The molecule has 0 saturated carbocycles. The molecule has 0 bridgehead atoms. The number of carbonyl (C=O) groups excluding carboxylic acids is 4. The van der Waals surface area contributed by atoms with Crippen LogP contribution in [0.3, 0.4) is 0 Å². The molecule has 2 N–H and O–H groups in total. The van der Waals surface area contributed by atoms with E-state index in [1.54, 1.807) is 32.6 Å². The maximum atomic E-state index is 14.1. The summed E-state index contributed by atoms with van der Waals surface area (Å²) in [5.41, 5.74) is 2.94. The van der Waals surface area contributed by atoms with E-state index >= 15 is 0 Å². The number of nitrogens with one attached hydrogen (secondary N) is 2. The second kappa shape index (κ2) is 11.7. The summed E-state index contributed by atoms with van der Waals surface area (Å²) in [6.07, 6.45) is 0.705. The first-order valence-electron chi connectivity index (χ1n) is 14.8. The number of hydrogen-bond donors (Lipinski definition) is 2. The second-order valence-corrected chi connectivity index (χ2v) is 12.6. The van der Waals surface area contributed by atoms with Crippen molar-refractivity contribution in [2.24, 2.45) is 0 Å². The monoisotopic (exact) mass is 584 g/mol. The van der Waals surface area contributed by atoms with Gasteiger partial charge in [0.2, 0.25) is 17.7 Å². The molecule has 0 unspecified atom stereocenters. The number of carbonyl (C=O) groups is 4. The third kappa shape index (κ3) is 6.21. The van der Waals surface area contributed by atoms with Gasteiger partial charge in [0.1, 0.15) is 23.7 Å². The van der Waals surface area contributed by atoms with Gasteiger partial charge in [0.05, 0.1) is 11.7 Å². The number of nitrogens with zero attached hydrogens (tertiary/aromatic N) is 2. The normalized spacial score (nSPS) is 19.2. The zero-order valence-corrected chi connectivity index (χ0v) is 25.6. The van der Waals surface area contributed by atoms with Crippen LogP contribution in [0, 0.1) is 0 Å². The Morgan fingerprint density at radius 3 is 2.40 bits per heavy atom. The fraction of sp³-hybridized carbons (Fsp3) is 0.412.